The third kappa shape index (κ3) is 6.08. The standard InChI is InChI=1S/C22H20N6O2S2/c1-14(19(29)25-27(2)21(31)17-8-4-15(12-23)5-9-17)20(30)26-28(3)22(32)18-10-6-16(13-24)7-11-18/h4-11,14H,1-3H3,(H,25,29)(H,26,30). The van der Waals surface area contributed by atoms with Crippen LogP contribution in [0.5, 0.6) is 0 Å². The molecule has 0 spiro atoms. The maximum atomic E-state index is 12.5. The highest BCUT2D eigenvalue weighted by Gasteiger charge is 2.25. The van der Waals surface area contributed by atoms with Gasteiger partial charge >= 0.3 is 0 Å². The van der Waals surface area contributed by atoms with Gasteiger partial charge in [0.1, 0.15) is 15.9 Å². The molecule has 0 atom stereocenters. The van der Waals surface area contributed by atoms with Gasteiger partial charge in [-0.05, 0) is 31.2 Å². The molecule has 2 amide bonds. The maximum absolute atomic E-state index is 12.5. The normalized spacial score (nSPS) is 9.81. The highest BCUT2D eigenvalue weighted by atomic mass is 32.1. The summed E-state index contributed by atoms with van der Waals surface area (Å²) >= 11 is 10.7. The van der Waals surface area contributed by atoms with E-state index in [0.717, 1.165) is 0 Å². The van der Waals surface area contributed by atoms with Gasteiger partial charge in [0.2, 0.25) is 0 Å². The average Bonchev–Trinajstić information content (AvgIpc) is 2.82. The van der Waals surface area contributed by atoms with Crippen LogP contribution in [-0.2, 0) is 9.59 Å². The second-order valence-electron chi connectivity index (χ2n) is 6.78. The second-order valence-corrected chi connectivity index (χ2v) is 7.55. The van der Waals surface area contributed by atoms with Gasteiger partial charge in [0, 0.05) is 25.2 Å². The van der Waals surface area contributed by atoms with Crippen LogP contribution in [0, 0.1) is 28.6 Å². The molecule has 0 saturated heterocycles. The van der Waals surface area contributed by atoms with E-state index in [-0.39, 0.29) is 0 Å². The van der Waals surface area contributed by atoms with Crippen molar-refractivity contribution >= 4 is 46.2 Å². The summed E-state index contributed by atoms with van der Waals surface area (Å²) in [4.78, 5) is 25.7. The zero-order valence-electron chi connectivity index (χ0n) is 17.6. The molecular weight excluding hydrogens is 444 g/mol. The van der Waals surface area contributed by atoms with E-state index >= 15 is 0 Å². The van der Waals surface area contributed by atoms with Gasteiger partial charge in [-0.2, -0.15) is 10.5 Å². The SMILES string of the molecule is CC(C(=O)NN(C)C(=S)c1ccc(C#N)cc1)C(=O)NN(C)C(=S)c1ccc(C#N)cc1. The Hall–Kier alpha value is -3.86. The summed E-state index contributed by atoms with van der Waals surface area (Å²) in [5, 5.41) is 20.4. The van der Waals surface area contributed by atoms with Crippen molar-refractivity contribution in [1.29, 1.82) is 10.5 Å². The molecule has 0 unspecified atom stereocenters. The molecule has 162 valence electrons. The summed E-state index contributed by atoms with van der Waals surface area (Å²) in [7, 11) is 3.13. The number of hydrogen-bond donors (Lipinski definition) is 2. The maximum Gasteiger partial charge on any atom is 0.250 e. The van der Waals surface area contributed by atoms with Gasteiger partial charge in [-0.3, -0.25) is 30.5 Å². The van der Waals surface area contributed by atoms with Gasteiger partial charge in [0.05, 0.1) is 23.3 Å². The minimum Gasteiger partial charge on any atom is -0.277 e. The van der Waals surface area contributed by atoms with E-state index in [0.29, 0.717) is 32.2 Å². The van der Waals surface area contributed by atoms with Crippen molar-refractivity contribution in [2.75, 3.05) is 14.1 Å². The second kappa shape index (κ2) is 11.0. The average molecular weight is 465 g/mol. The third-order valence-corrected chi connectivity index (χ3v) is 5.49. The lowest BCUT2D eigenvalue weighted by Crippen LogP contribution is -2.51. The third-order valence-electron chi connectivity index (χ3n) is 4.47. The molecule has 0 radical (unpaired) electrons. The van der Waals surface area contributed by atoms with Crippen LogP contribution < -0.4 is 10.9 Å². The predicted molar refractivity (Wildman–Crippen MR) is 127 cm³/mol. The van der Waals surface area contributed by atoms with Gasteiger partial charge in [-0.25, -0.2) is 0 Å². The first-order valence-corrected chi connectivity index (χ1v) is 10.2. The zero-order valence-corrected chi connectivity index (χ0v) is 19.3. The molecule has 0 aliphatic carbocycles. The van der Waals surface area contributed by atoms with Crippen molar-refractivity contribution < 1.29 is 9.59 Å². The van der Waals surface area contributed by atoms with E-state index in [9.17, 15) is 9.59 Å². The van der Waals surface area contributed by atoms with E-state index in [1.807, 2.05) is 12.1 Å². The number of rotatable bonds is 4. The zero-order chi connectivity index (χ0) is 23.8. The fourth-order valence-corrected chi connectivity index (χ4v) is 2.87. The molecule has 8 nitrogen and oxygen atoms in total. The number of nitrogens with one attached hydrogen (secondary N) is 2. The molecule has 2 N–H and O–H groups in total. The number of hydrazine groups is 2. The van der Waals surface area contributed by atoms with Crippen molar-refractivity contribution in [2.45, 2.75) is 6.92 Å². The number of thiocarbonyl (C=S) groups is 2. The first-order chi connectivity index (χ1) is 15.2. The minimum absolute atomic E-state index is 0.328. The van der Waals surface area contributed by atoms with Crippen LogP contribution in [-0.4, -0.2) is 45.9 Å². The Bertz CT molecular complexity index is 1030. The quantitative estimate of drug-likeness (QED) is 0.402. The fourth-order valence-electron chi connectivity index (χ4n) is 2.51. The number of hydrogen-bond acceptors (Lipinski definition) is 6. The van der Waals surface area contributed by atoms with Gasteiger partial charge in [-0.1, -0.05) is 48.7 Å². The summed E-state index contributed by atoms with van der Waals surface area (Å²) in [5.74, 6) is -2.15. The van der Waals surface area contributed by atoms with Gasteiger partial charge in [0.15, 0.2) is 0 Å². The van der Waals surface area contributed by atoms with Gasteiger partial charge < -0.3 is 0 Å². The van der Waals surface area contributed by atoms with Crippen LogP contribution in [0.25, 0.3) is 0 Å². The van der Waals surface area contributed by atoms with Crippen LogP contribution >= 0.6 is 24.4 Å². The first kappa shape index (κ1) is 24.4. The smallest absolute Gasteiger partial charge is 0.250 e. The Balaban J connectivity index is 1.94. The van der Waals surface area contributed by atoms with E-state index in [4.69, 9.17) is 35.0 Å². The summed E-state index contributed by atoms with van der Waals surface area (Å²) in [6.07, 6.45) is 0. The number of amides is 2. The number of carbonyl (C=O) groups excluding carboxylic acids is 2. The molecular formula is C22H20N6O2S2. The molecule has 0 aliphatic heterocycles. The predicted octanol–water partition coefficient (Wildman–Crippen LogP) is 2.04. The molecule has 0 aromatic heterocycles. The lowest BCUT2D eigenvalue weighted by atomic mass is 10.1. The van der Waals surface area contributed by atoms with Crippen molar-refractivity contribution in [3.05, 3.63) is 70.8 Å². The molecule has 0 fully saturated rings. The Morgan fingerprint density at radius 2 is 1.09 bits per heavy atom. The summed E-state index contributed by atoms with van der Waals surface area (Å²) in [6.45, 7) is 1.46. The van der Waals surface area contributed by atoms with Crippen molar-refractivity contribution in [3.63, 3.8) is 0 Å². The number of carbonyl (C=O) groups is 2. The summed E-state index contributed by atoms with van der Waals surface area (Å²) in [6, 6.07) is 17.3. The number of nitrogens with zero attached hydrogens (tertiary/aromatic N) is 4. The van der Waals surface area contributed by atoms with Crippen molar-refractivity contribution in [2.24, 2.45) is 5.92 Å². The molecule has 2 aromatic carbocycles. The van der Waals surface area contributed by atoms with E-state index in [1.54, 1.807) is 62.6 Å². The Labute approximate surface area is 197 Å². The van der Waals surface area contributed by atoms with Crippen LogP contribution in [0.4, 0.5) is 0 Å². The summed E-state index contributed by atoms with van der Waals surface area (Å²) in [5.41, 5.74) is 7.44. The lowest BCUT2D eigenvalue weighted by molar-refractivity contribution is -0.137. The number of nitriles is 2. The molecule has 32 heavy (non-hydrogen) atoms. The lowest BCUT2D eigenvalue weighted by Gasteiger charge is -2.25. The Kier molecular flexibility index (Phi) is 8.36. The Morgan fingerprint density at radius 3 is 1.38 bits per heavy atom. The highest BCUT2D eigenvalue weighted by Crippen LogP contribution is 2.09. The largest absolute Gasteiger partial charge is 0.277 e. The van der Waals surface area contributed by atoms with Crippen LogP contribution in [0.15, 0.2) is 48.5 Å². The van der Waals surface area contributed by atoms with Crippen LogP contribution in [0.3, 0.4) is 0 Å². The van der Waals surface area contributed by atoms with Gasteiger partial charge in [0.25, 0.3) is 11.8 Å². The van der Waals surface area contributed by atoms with E-state index in [1.165, 1.54) is 16.9 Å². The van der Waals surface area contributed by atoms with E-state index in [2.05, 4.69) is 10.9 Å². The number of benzene rings is 2. The molecule has 10 heteroatoms. The Morgan fingerprint density at radius 1 is 0.781 bits per heavy atom. The molecule has 0 saturated carbocycles. The van der Waals surface area contributed by atoms with Crippen molar-refractivity contribution in [1.82, 2.24) is 20.9 Å². The van der Waals surface area contributed by atoms with Gasteiger partial charge in [-0.15, -0.1) is 0 Å². The van der Waals surface area contributed by atoms with Crippen molar-refractivity contribution in [3.8, 4) is 12.1 Å². The molecule has 0 bridgehead atoms. The molecule has 2 rings (SSSR count). The molecule has 2 aromatic rings. The topological polar surface area (TPSA) is 112 Å². The highest BCUT2D eigenvalue weighted by molar-refractivity contribution is 7.80. The minimum atomic E-state index is -1.03. The van der Waals surface area contributed by atoms with Crippen LogP contribution in [0.2, 0.25) is 0 Å². The molecule has 0 aliphatic rings. The monoisotopic (exact) mass is 464 g/mol. The summed E-state index contributed by atoms with van der Waals surface area (Å²) < 4.78 is 0. The van der Waals surface area contributed by atoms with Crippen LogP contribution in [0.1, 0.15) is 29.2 Å². The first-order valence-electron chi connectivity index (χ1n) is 9.35. The fraction of sp³-hybridized carbons (Fsp3) is 0.182. The van der Waals surface area contributed by atoms with E-state index < -0.39 is 17.7 Å². The molecule has 0 heterocycles.